The molecule has 1 aromatic rings. The van der Waals surface area contributed by atoms with Gasteiger partial charge in [0.05, 0.1) is 0 Å². The maximum Gasteiger partial charge on any atom is 0.325 e. The molecule has 0 fully saturated rings. The largest absolute Gasteiger partial charge is 0.480 e. The normalized spacial score (nSPS) is 11.9. The second-order valence-electron chi connectivity index (χ2n) is 3.55. The van der Waals surface area contributed by atoms with Gasteiger partial charge in [0.1, 0.15) is 11.9 Å². The number of rotatable bonds is 3. The van der Waals surface area contributed by atoms with E-state index in [0.29, 0.717) is 5.56 Å². The number of amides is 1. The van der Waals surface area contributed by atoms with Crippen LogP contribution in [0.25, 0.3) is 0 Å². The molecule has 0 heterocycles. The van der Waals surface area contributed by atoms with Crippen LogP contribution in [0, 0.1) is 12.7 Å². The highest BCUT2D eigenvalue weighted by Crippen LogP contribution is 2.08. The number of carbonyl (C=O) groups is 2. The molecular formula is C11H12FNO3. The topological polar surface area (TPSA) is 66.4 Å². The first-order valence-corrected chi connectivity index (χ1v) is 4.71. The van der Waals surface area contributed by atoms with Crippen molar-refractivity contribution in [1.82, 2.24) is 5.32 Å². The van der Waals surface area contributed by atoms with Crippen LogP contribution >= 0.6 is 0 Å². The fourth-order valence-corrected chi connectivity index (χ4v) is 1.21. The molecule has 4 nitrogen and oxygen atoms in total. The number of hydrogen-bond acceptors (Lipinski definition) is 2. The summed E-state index contributed by atoms with van der Waals surface area (Å²) in [5, 5.41) is 10.8. The summed E-state index contributed by atoms with van der Waals surface area (Å²) in [5.41, 5.74) is 0.721. The van der Waals surface area contributed by atoms with E-state index in [4.69, 9.17) is 5.11 Å². The van der Waals surface area contributed by atoms with Crippen molar-refractivity contribution < 1.29 is 19.1 Å². The summed E-state index contributed by atoms with van der Waals surface area (Å²) < 4.78 is 13.0. The average molecular weight is 225 g/mol. The first kappa shape index (κ1) is 12.2. The van der Waals surface area contributed by atoms with Crippen molar-refractivity contribution in [2.45, 2.75) is 19.9 Å². The SMILES string of the molecule is Cc1cc(F)cc(C(=O)N[C@H](C)C(=O)O)c1. The van der Waals surface area contributed by atoms with E-state index in [0.717, 1.165) is 6.07 Å². The van der Waals surface area contributed by atoms with Gasteiger partial charge in [0.15, 0.2) is 0 Å². The van der Waals surface area contributed by atoms with Crippen LogP contribution in [0.2, 0.25) is 0 Å². The van der Waals surface area contributed by atoms with E-state index in [1.165, 1.54) is 19.1 Å². The minimum Gasteiger partial charge on any atom is -0.480 e. The molecule has 86 valence electrons. The van der Waals surface area contributed by atoms with Crippen molar-refractivity contribution in [2.75, 3.05) is 0 Å². The van der Waals surface area contributed by atoms with E-state index >= 15 is 0 Å². The third-order valence-corrected chi connectivity index (χ3v) is 2.02. The second-order valence-corrected chi connectivity index (χ2v) is 3.55. The van der Waals surface area contributed by atoms with Crippen molar-refractivity contribution in [2.24, 2.45) is 0 Å². The Bertz CT molecular complexity index is 411. The molecule has 0 aromatic heterocycles. The first-order chi connectivity index (χ1) is 7.40. The summed E-state index contributed by atoms with van der Waals surface area (Å²) in [6, 6.07) is 2.84. The molecule has 0 aliphatic heterocycles. The molecule has 1 amide bonds. The van der Waals surface area contributed by atoms with Gasteiger partial charge in [0.2, 0.25) is 0 Å². The minimum absolute atomic E-state index is 0.116. The van der Waals surface area contributed by atoms with E-state index < -0.39 is 23.7 Å². The molecule has 0 aliphatic rings. The summed E-state index contributed by atoms with van der Waals surface area (Å²) in [5.74, 6) is -2.26. The van der Waals surface area contributed by atoms with E-state index in [2.05, 4.69) is 5.32 Å². The van der Waals surface area contributed by atoms with E-state index in [-0.39, 0.29) is 5.56 Å². The molecule has 0 saturated carbocycles. The Morgan fingerprint density at radius 1 is 1.38 bits per heavy atom. The predicted molar refractivity (Wildman–Crippen MR) is 55.7 cm³/mol. The van der Waals surface area contributed by atoms with Gasteiger partial charge < -0.3 is 10.4 Å². The highest BCUT2D eigenvalue weighted by molar-refractivity contribution is 5.96. The summed E-state index contributed by atoms with van der Waals surface area (Å²) >= 11 is 0. The Morgan fingerprint density at radius 2 is 2.00 bits per heavy atom. The van der Waals surface area contributed by atoms with Crippen LogP contribution in [0.15, 0.2) is 18.2 Å². The Kier molecular flexibility index (Phi) is 3.60. The molecule has 0 bridgehead atoms. The van der Waals surface area contributed by atoms with Crippen molar-refractivity contribution >= 4 is 11.9 Å². The standard InChI is InChI=1S/C11H12FNO3/c1-6-3-8(5-9(12)4-6)10(14)13-7(2)11(15)16/h3-5,7H,1-2H3,(H,13,14)(H,15,16)/t7-/m1/s1. The molecule has 16 heavy (non-hydrogen) atoms. The van der Waals surface area contributed by atoms with Crippen LogP contribution in [0.1, 0.15) is 22.8 Å². The number of carboxylic acid groups (broad SMARTS) is 1. The van der Waals surface area contributed by atoms with E-state index in [1.54, 1.807) is 6.92 Å². The van der Waals surface area contributed by atoms with Crippen LogP contribution < -0.4 is 5.32 Å². The molecule has 0 radical (unpaired) electrons. The second kappa shape index (κ2) is 4.74. The lowest BCUT2D eigenvalue weighted by Crippen LogP contribution is -2.38. The van der Waals surface area contributed by atoms with Crippen LogP contribution in [-0.4, -0.2) is 23.0 Å². The molecule has 5 heteroatoms. The molecule has 1 atom stereocenters. The lowest BCUT2D eigenvalue weighted by Gasteiger charge is -2.09. The molecule has 0 unspecified atom stereocenters. The molecular weight excluding hydrogens is 213 g/mol. The lowest BCUT2D eigenvalue weighted by molar-refractivity contribution is -0.138. The first-order valence-electron chi connectivity index (χ1n) is 4.71. The minimum atomic E-state index is -1.14. The van der Waals surface area contributed by atoms with Crippen molar-refractivity contribution in [3.05, 3.63) is 35.1 Å². The number of benzene rings is 1. The maximum atomic E-state index is 13.0. The van der Waals surface area contributed by atoms with Gasteiger partial charge in [-0.25, -0.2) is 4.39 Å². The van der Waals surface area contributed by atoms with E-state index in [1.807, 2.05) is 0 Å². The Labute approximate surface area is 92.1 Å². The molecule has 2 N–H and O–H groups in total. The number of hydrogen-bond donors (Lipinski definition) is 2. The monoisotopic (exact) mass is 225 g/mol. The zero-order valence-corrected chi connectivity index (χ0v) is 8.95. The number of carboxylic acids is 1. The van der Waals surface area contributed by atoms with Gasteiger partial charge in [-0.05, 0) is 37.6 Å². The van der Waals surface area contributed by atoms with Gasteiger partial charge in [0, 0.05) is 5.56 Å². The molecule has 0 saturated heterocycles. The maximum absolute atomic E-state index is 13.0. The van der Waals surface area contributed by atoms with Crippen LogP contribution in [0.5, 0.6) is 0 Å². The van der Waals surface area contributed by atoms with Crippen LogP contribution in [0.3, 0.4) is 0 Å². The molecule has 1 rings (SSSR count). The Balaban J connectivity index is 2.84. The fourth-order valence-electron chi connectivity index (χ4n) is 1.21. The zero-order chi connectivity index (χ0) is 12.3. The van der Waals surface area contributed by atoms with Crippen LogP contribution in [0.4, 0.5) is 4.39 Å². The van der Waals surface area contributed by atoms with Gasteiger partial charge in [-0.15, -0.1) is 0 Å². The van der Waals surface area contributed by atoms with Gasteiger partial charge in [-0.1, -0.05) is 0 Å². The molecule has 0 aliphatic carbocycles. The highest BCUT2D eigenvalue weighted by Gasteiger charge is 2.15. The Morgan fingerprint density at radius 3 is 2.50 bits per heavy atom. The predicted octanol–water partition coefficient (Wildman–Crippen LogP) is 1.34. The quantitative estimate of drug-likeness (QED) is 0.815. The number of halogens is 1. The average Bonchev–Trinajstić information content (AvgIpc) is 2.15. The highest BCUT2D eigenvalue weighted by atomic mass is 19.1. The summed E-state index contributed by atoms with van der Waals surface area (Å²) in [7, 11) is 0. The van der Waals surface area contributed by atoms with Crippen molar-refractivity contribution in [1.29, 1.82) is 0 Å². The lowest BCUT2D eigenvalue weighted by atomic mass is 10.1. The fraction of sp³-hybridized carbons (Fsp3) is 0.273. The smallest absolute Gasteiger partial charge is 0.325 e. The Hall–Kier alpha value is -1.91. The third-order valence-electron chi connectivity index (χ3n) is 2.02. The van der Waals surface area contributed by atoms with Gasteiger partial charge in [0.25, 0.3) is 5.91 Å². The van der Waals surface area contributed by atoms with Crippen molar-refractivity contribution in [3.8, 4) is 0 Å². The number of aliphatic carboxylic acids is 1. The van der Waals surface area contributed by atoms with Gasteiger partial charge in [-0.2, -0.15) is 0 Å². The molecule has 0 spiro atoms. The van der Waals surface area contributed by atoms with E-state index in [9.17, 15) is 14.0 Å². The van der Waals surface area contributed by atoms with Gasteiger partial charge >= 0.3 is 5.97 Å². The summed E-state index contributed by atoms with van der Waals surface area (Å²) in [6.07, 6.45) is 0. The van der Waals surface area contributed by atoms with Gasteiger partial charge in [-0.3, -0.25) is 9.59 Å². The summed E-state index contributed by atoms with van der Waals surface area (Å²) in [4.78, 5) is 22.0. The number of carbonyl (C=O) groups excluding carboxylic acids is 1. The molecule has 1 aromatic carbocycles. The number of nitrogens with one attached hydrogen (secondary N) is 1. The summed E-state index contributed by atoms with van der Waals surface area (Å²) in [6.45, 7) is 2.99. The number of aryl methyl sites for hydroxylation is 1. The van der Waals surface area contributed by atoms with Crippen molar-refractivity contribution in [3.63, 3.8) is 0 Å². The van der Waals surface area contributed by atoms with Crippen LogP contribution in [-0.2, 0) is 4.79 Å². The zero-order valence-electron chi connectivity index (χ0n) is 8.95. The third kappa shape index (κ3) is 3.05.